The highest BCUT2D eigenvalue weighted by atomic mass is 127. The van der Waals surface area contributed by atoms with E-state index >= 15 is 0 Å². The van der Waals surface area contributed by atoms with Gasteiger partial charge in [-0.3, -0.25) is 4.99 Å². The molecule has 5 heteroatoms. The monoisotopic (exact) mass is 402 g/mol. The summed E-state index contributed by atoms with van der Waals surface area (Å²) in [5.41, 5.74) is 1.35. The van der Waals surface area contributed by atoms with Crippen LogP contribution in [-0.2, 0) is 6.42 Å². The van der Waals surface area contributed by atoms with Gasteiger partial charge in [0, 0.05) is 26.2 Å². The Labute approximate surface area is 145 Å². The minimum absolute atomic E-state index is 0. The fraction of sp³-hybridized carbons (Fsp3) is 0.562. The maximum Gasteiger partial charge on any atom is 0.191 e. The highest BCUT2D eigenvalue weighted by Gasteiger charge is 2.20. The third kappa shape index (κ3) is 6.22. The number of benzene rings is 1. The van der Waals surface area contributed by atoms with E-state index in [-0.39, 0.29) is 24.0 Å². The lowest BCUT2D eigenvalue weighted by atomic mass is 10.1. The van der Waals surface area contributed by atoms with Crippen molar-refractivity contribution in [2.75, 3.05) is 33.7 Å². The first-order valence-corrected chi connectivity index (χ1v) is 7.48. The number of nitrogens with one attached hydrogen (secondary N) is 2. The van der Waals surface area contributed by atoms with Gasteiger partial charge in [0.2, 0.25) is 0 Å². The molecule has 2 rings (SSSR count). The van der Waals surface area contributed by atoms with Crippen LogP contribution in [0.3, 0.4) is 0 Å². The molecule has 1 heterocycles. The number of nitrogens with zero attached hydrogens (tertiary/aromatic N) is 2. The number of halogens is 1. The molecule has 4 nitrogen and oxygen atoms in total. The maximum atomic E-state index is 4.28. The molecule has 2 N–H and O–H groups in total. The van der Waals surface area contributed by atoms with Crippen molar-refractivity contribution in [3.8, 4) is 0 Å². The summed E-state index contributed by atoms with van der Waals surface area (Å²) < 4.78 is 0. The number of likely N-dealkylation sites (tertiary alicyclic amines) is 1. The van der Waals surface area contributed by atoms with Crippen LogP contribution in [0.4, 0.5) is 0 Å². The molecule has 0 aromatic heterocycles. The Bertz CT molecular complexity index is 422. The first-order valence-electron chi connectivity index (χ1n) is 7.48. The van der Waals surface area contributed by atoms with Crippen LogP contribution < -0.4 is 10.6 Å². The molecule has 1 aromatic carbocycles. The number of hydrogen-bond acceptors (Lipinski definition) is 2. The molecule has 0 saturated carbocycles. The fourth-order valence-electron chi connectivity index (χ4n) is 2.64. The van der Waals surface area contributed by atoms with Crippen molar-refractivity contribution < 1.29 is 0 Å². The standard InChI is InChI=1S/C16H26N4.HI/c1-17-16(19-13-15-9-6-12-20(15)2)18-11-10-14-7-4-3-5-8-14;/h3-5,7-8,15H,6,9-13H2,1-2H3,(H2,17,18,19);1H. The average Bonchev–Trinajstić information content (AvgIpc) is 2.89. The molecule has 1 saturated heterocycles. The van der Waals surface area contributed by atoms with Crippen LogP contribution >= 0.6 is 24.0 Å². The molecular weight excluding hydrogens is 375 g/mol. The summed E-state index contributed by atoms with van der Waals surface area (Å²) in [7, 11) is 4.03. The second kappa shape index (κ2) is 10.00. The summed E-state index contributed by atoms with van der Waals surface area (Å²) in [6, 6.07) is 11.2. The largest absolute Gasteiger partial charge is 0.356 e. The minimum atomic E-state index is 0. The van der Waals surface area contributed by atoms with E-state index in [2.05, 4.69) is 57.9 Å². The Morgan fingerprint density at radius 1 is 1.29 bits per heavy atom. The van der Waals surface area contributed by atoms with Gasteiger partial charge in [0.05, 0.1) is 0 Å². The van der Waals surface area contributed by atoms with Crippen molar-refractivity contribution in [2.45, 2.75) is 25.3 Å². The highest BCUT2D eigenvalue weighted by Crippen LogP contribution is 2.13. The van der Waals surface area contributed by atoms with E-state index in [1.165, 1.54) is 24.9 Å². The zero-order valence-electron chi connectivity index (χ0n) is 13.0. The van der Waals surface area contributed by atoms with Crippen LogP contribution in [0, 0.1) is 0 Å². The predicted octanol–water partition coefficient (Wildman–Crippen LogP) is 2.11. The fourth-order valence-corrected chi connectivity index (χ4v) is 2.64. The van der Waals surface area contributed by atoms with E-state index < -0.39 is 0 Å². The Balaban J connectivity index is 0.00000220. The van der Waals surface area contributed by atoms with E-state index in [1.807, 2.05) is 7.05 Å². The molecule has 0 spiro atoms. The van der Waals surface area contributed by atoms with Gasteiger partial charge >= 0.3 is 0 Å². The normalized spacial score (nSPS) is 19.1. The third-order valence-corrected chi connectivity index (χ3v) is 3.95. The van der Waals surface area contributed by atoms with E-state index in [1.54, 1.807) is 0 Å². The number of hydrogen-bond donors (Lipinski definition) is 2. The summed E-state index contributed by atoms with van der Waals surface area (Å²) in [6.07, 6.45) is 3.61. The average molecular weight is 402 g/mol. The number of likely N-dealkylation sites (N-methyl/N-ethyl adjacent to an activating group) is 1. The second-order valence-corrected chi connectivity index (χ2v) is 5.39. The molecule has 0 radical (unpaired) electrons. The van der Waals surface area contributed by atoms with Crippen LogP contribution in [-0.4, -0.2) is 50.6 Å². The van der Waals surface area contributed by atoms with Crippen LogP contribution in [0.2, 0.25) is 0 Å². The van der Waals surface area contributed by atoms with Crippen molar-refractivity contribution in [3.63, 3.8) is 0 Å². The molecule has 1 aromatic rings. The van der Waals surface area contributed by atoms with Crippen molar-refractivity contribution in [1.29, 1.82) is 0 Å². The minimum Gasteiger partial charge on any atom is -0.356 e. The molecule has 21 heavy (non-hydrogen) atoms. The van der Waals surface area contributed by atoms with Gasteiger partial charge in [0.25, 0.3) is 0 Å². The number of aliphatic imine (C=N–C) groups is 1. The van der Waals surface area contributed by atoms with Gasteiger partial charge < -0.3 is 15.5 Å². The zero-order chi connectivity index (χ0) is 14.2. The molecule has 0 amide bonds. The van der Waals surface area contributed by atoms with Gasteiger partial charge in [0.1, 0.15) is 0 Å². The van der Waals surface area contributed by atoms with Crippen molar-refractivity contribution in [3.05, 3.63) is 35.9 Å². The Morgan fingerprint density at radius 3 is 2.67 bits per heavy atom. The molecule has 1 atom stereocenters. The Hall–Kier alpha value is -0.820. The molecule has 1 fully saturated rings. The molecule has 118 valence electrons. The topological polar surface area (TPSA) is 39.7 Å². The van der Waals surface area contributed by atoms with E-state index in [0.29, 0.717) is 6.04 Å². The van der Waals surface area contributed by atoms with Gasteiger partial charge in [-0.2, -0.15) is 0 Å². The van der Waals surface area contributed by atoms with Gasteiger partial charge in [-0.15, -0.1) is 24.0 Å². The lowest BCUT2D eigenvalue weighted by Crippen LogP contribution is -2.44. The zero-order valence-corrected chi connectivity index (χ0v) is 15.3. The summed E-state index contributed by atoms with van der Waals surface area (Å²) >= 11 is 0. The lowest BCUT2D eigenvalue weighted by molar-refractivity contribution is 0.309. The van der Waals surface area contributed by atoms with E-state index in [9.17, 15) is 0 Å². The quantitative estimate of drug-likeness (QED) is 0.450. The van der Waals surface area contributed by atoms with E-state index in [0.717, 1.165) is 25.5 Å². The second-order valence-electron chi connectivity index (χ2n) is 5.39. The lowest BCUT2D eigenvalue weighted by Gasteiger charge is -2.21. The smallest absolute Gasteiger partial charge is 0.191 e. The Morgan fingerprint density at radius 2 is 2.05 bits per heavy atom. The molecular formula is C16H27IN4. The molecule has 1 aliphatic rings. The van der Waals surface area contributed by atoms with Crippen LogP contribution in [0.25, 0.3) is 0 Å². The molecule has 0 bridgehead atoms. The summed E-state index contributed by atoms with van der Waals surface area (Å²) in [5.74, 6) is 0.904. The first-order chi connectivity index (χ1) is 9.79. The maximum absolute atomic E-state index is 4.28. The molecule has 0 aliphatic carbocycles. The van der Waals surface area contributed by atoms with Crippen molar-refractivity contribution in [2.24, 2.45) is 4.99 Å². The SMILES string of the molecule is CN=C(NCCc1ccccc1)NCC1CCCN1C.I. The van der Waals surface area contributed by atoms with Crippen molar-refractivity contribution >= 4 is 29.9 Å². The van der Waals surface area contributed by atoms with Gasteiger partial charge in [-0.1, -0.05) is 30.3 Å². The van der Waals surface area contributed by atoms with Gasteiger partial charge in [0.15, 0.2) is 5.96 Å². The van der Waals surface area contributed by atoms with E-state index in [4.69, 9.17) is 0 Å². The van der Waals surface area contributed by atoms with Crippen LogP contribution in [0.15, 0.2) is 35.3 Å². The van der Waals surface area contributed by atoms with Crippen LogP contribution in [0.5, 0.6) is 0 Å². The summed E-state index contributed by atoms with van der Waals surface area (Å²) in [4.78, 5) is 6.70. The summed E-state index contributed by atoms with van der Waals surface area (Å²) in [6.45, 7) is 3.10. The Kier molecular flexibility index (Phi) is 8.68. The highest BCUT2D eigenvalue weighted by molar-refractivity contribution is 14.0. The number of rotatable bonds is 5. The summed E-state index contributed by atoms with van der Waals surface area (Å²) in [5, 5.41) is 6.80. The van der Waals surface area contributed by atoms with Crippen molar-refractivity contribution in [1.82, 2.24) is 15.5 Å². The van der Waals surface area contributed by atoms with Gasteiger partial charge in [-0.25, -0.2) is 0 Å². The van der Waals surface area contributed by atoms with Gasteiger partial charge in [-0.05, 0) is 38.4 Å². The third-order valence-electron chi connectivity index (χ3n) is 3.95. The molecule has 1 unspecified atom stereocenters. The first kappa shape index (κ1) is 18.2. The molecule has 1 aliphatic heterocycles. The number of guanidine groups is 1. The van der Waals surface area contributed by atoms with Crippen LogP contribution in [0.1, 0.15) is 18.4 Å². The predicted molar refractivity (Wildman–Crippen MR) is 101 cm³/mol.